The highest BCUT2D eigenvalue weighted by Gasteiger charge is 1.85. The summed E-state index contributed by atoms with van der Waals surface area (Å²) in [7, 11) is 0. The quantitative estimate of drug-likeness (QED) is 0.495. The molecule has 0 amide bonds. The minimum atomic E-state index is 0.419. The van der Waals surface area contributed by atoms with Gasteiger partial charge in [0.15, 0.2) is 5.15 Å². The van der Waals surface area contributed by atoms with E-state index in [2.05, 4.69) is 5.10 Å². The lowest BCUT2D eigenvalue weighted by molar-refractivity contribution is 0.832. The Bertz CT molecular complexity index is 142. The van der Waals surface area contributed by atoms with Crippen LogP contribution in [0, 0.1) is 0 Å². The van der Waals surface area contributed by atoms with Gasteiger partial charge in [-0.25, -0.2) is 0 Å². The molecule has 0 radical (unpaired) electrons. The lowest BCUT2D eigenvalue weighted by Crippen LogP contribution is -2.07. The predicted molar refractivity (Wildman–Crippen MR) is 27.4 cm³/mol. The summed E-state index contributed by atoms with van der Waals surface area (Å²) in [6, 6.07) is 1.61. The maximum atomic E-state index is 5.35. The van der Waals surface area contributed by atoms with Crippen LogP contribution in [-0.2, 0) is 0 Å². The largest absolute Gasteiger partial charge is 0.323 e. The van der Waals surface area contributed by atoms with Gasteiger partial charge >= 0.3 is 0 Å². The van der Waals surface area contributed by atoms with E-state index in [0.29, 0.717) is 5.15 Å². The molecule has 0 bridgehead atoms. The molecule has 0 aliphatic heterocycles. The first-order valence-corrected chi connectivity index (χ1v) is 2.13. The van der Waals surface area contributed by atoms with Gasteiger partial charge in [0.25, 0.3) is 0 Å². The summed E-state index contributed by atoms with van der Waals surface area (Å²) in [5, 5.41) is 3.99. The number of aromatic nitrogens is 2. The van der Waals surface area contributed by atoms with Crippen molar-refractivity contribution in [2.45, 2.75) is 0 Å². The van der Waals surface area contributed by atoms with Crippen LogP contribution >= 0.6 is 11.6 Å². The van der Waals surface area contributed by atoms with E-state index in [1.807, 2.05) is 0 Å². The number of hydrogen-bond acceptors (Lipinski definition) is 2. The molecule has 7 heavy (non-hydrogen) atoms. The maximum Gasteiger partial charge on any atom is 0.153 e. The summed E-state index contributed by atoms with van der Waals surface area (Å²) in [5.41, 5.74) is 0. The van der Waals surface area contributed by atoms with E-state index < -0.39 is 0 Å². The zero-order valence-corrected chi connectivity index (χ0v) is 4.26. The Morgan fingerprint density at radius 3 is 2.71 bits per heavy atom. The number of nitrogens with two attached hydrogens (primary N) is 1. The van der Waals surface area contributed by atoms with Crippen molar-refractivity contribution in [1.29, 1.82) is 0 Å². The molecule has 38 valence electrons. The van der Waals surface area contributed by atoms with Gasteiger partial charge in [0, 0.05) is 6.20 Å². The highest BCUT2D eigenvalue weighted by molar-refractivity contribution is 6.29. The Balaban J connectivity index is 3.04. The molecule has 0 saturated carbocycles. The van der Waals surface area contributed by atoms with Crippen molar-refractivity contribution >= 4 is 11.6 Å². The molecule has 0 aliphatic rings. The molecule has 0 unspecified atom stereocenters. The topological polar surface area (TPSA) is 43.8 Å². The van der Waals surface area contributed by atoms with Crippen LogP contribution in [0.15, 0.2) is 12.3 Å². The summed E-state index contributed by atoms with van der Waals surface area (Å²) in [5.74, 6) is 5.10. The monoisotopic (exact) mass is 117 g/mol. The molecular formula is C3H4ClN3. The Morgan fingerprint density at radius 2 is 2.57 bits per heavy atom. The molecule has 0 atom stereocenters. The van der Waals surface area contributed by atoms with Crippen molar-refractivity contribution in [3.63, 3.8) is 0 Å². The maximum absolute atomic E-state index is 5.35. The minimum Gasteiger partial charge on any atom is -0.323 e. The fourth-order valence-electron chi connectivity index (χ4n) is 0.315. The van der Waals surface area contributed by atoms with Crippen LogP contribution in [0.2, 0.25) is 5.15 Å². The van der Waals surface area contributed by atoms with Gasteiger partial charge in [-0.2, -0.15) is 4.79 Å². The number of nitrogens with zero attached hydrogens (tertiary/aromatic N) is 2. The zero-order chi connectivity index (χ0) is 5.28. The van der Waals surface area contributed by atoms with Crippen LogP contribution in [0.5, 0.6) is 0 Å². The summed E-state index contributed by atoms with van der Waals surface area (Å²) in [6.45, 7) is 0. The first kappa shape index (κ1) is 4.46. The van der Waals surface area contributed by atoms with Gasteiger partial charge in [-0.15, -0.1) is 5.10 Å². The molecule has 1 aromatic rings. The highest BCUT2D eigenvalue weighted by atomic mass is 35.5. The van der Waals surface area contributed by atoms with Gasteiger partial charge in [0.05, 0.1) is 0 Å². The third kappa shape index (κ3) is 0.838. The summed E-state index contributed by atoms with van der Waals surface area (Å²) in [6.07, 6.45) is 1.57. The van der Waals surface area contributed by atoms with Crippen molar-refractivity contribution < 1.29 is 0 Å². The zero-order valence-electron chi connectivity index (χ0n) is 3.50. The number of halogens is 1. The Hall–Kier alpha value is -0.700. The average Bonchev–Trinajstić information content (AvgIpc) is 1.87. The second-order valence-corrected chi connectivity index (χ2v) is 1.51. The van der Waals surface area contributed by atoms with E-state index in [0.717, 1.165) is 4.79 Å². The molecular weight excluding hydrogens is 114 g/mol. The molecule has 3 nitrogen and oxygen atoms in total. The second-order valence-electron chi connectivity index (χ2n) is 1.12. The molecule has 0 saturated heterocycles. The van der Waals surface area contributed by atoms with Crippen LogP contribution in [0.4, 0.5) is 0 Å². The van der Waals surface area contributed by atoms with Gasteiger partial charge in [0.1, 0.15) is 0 Å². The SMILES string of the molecule is Nn1ccc(Cl)n1. The molecule has 1 aromatic heterocycles. The van der Waals surface area contributed by atoms with E-state index >= 15 is 0 Å². The summed E-state index contributed by atoms with van der Waals surface area (Å²) < 4.78 is 0. The summed E-state index contributed by atoms with van der Waals surface area (Å²) >= 11 is 5.35. The lowest BCUT2D eigenvalue weighted by Gasteiger charge is -1.80. The Labute approximate surface area is 45.7 Å². The number of nitrogen functional groups attached to an aromatic ring is 1. The number of rotatable bonds is 0. The highest BCUT2D eigenvalue weighted by Crippen LogP contribution is 1.98. The van der Waals surface area contributed by atoms with Gasteiger partial charge in [-0.1, -0.05) is 11.6 Å². The minimum absolute atomic E-state index is 0.419. The first-order valence-electron chi connectivity index (χ1n) is 1.75. The molecule has 0 spiro atoms. The van der Waals surface area contributed by atoms with Gasteiger partial charge in [0.2, 0.25) is 0 Å². The van der Waals surface area contributed by atoms with Crippen molar-refractivity contribution in [3.05, 3.63) is 17.4 Å². The fourth-order valence-corrected chi connectivity index (χ4v) is 0.458. The first-order chi connectivity index (χ1) is 3.29. The lowest BCUT2D eigenvalue weighted by atomic mass is 10.8. The summed E-state index contributed by atoms with van der Waals surface area (Å²) in [4.78, 5) is 1.16. The van der Waals surface area contributed by atoms with Gasteiger partial charge < -0.3 is 5.84 Å². The predicted octanol–water partition coefficient (Wildman–Crippen LogP) is 0.250. The fraction of sp³-hybridized carbons (Fsp3) is 0. The van der Waals surface area contributed by atoms with Crippen molar-refractivity contribution in [2.75, 3.05) is 5.84 Å². The normalized spacial score (nSPS) is 9.29. The molecule has 2 N–H and O–H groups in total. The molecule has 4 heteroatoms. The number of hydrogen-bond donors (Lipinski definition) is 1. The second kappa shape index (κ2) is 1.42. The smallest absolute Gasteiger partial charge is 0.153 e. The van der Waals surface area contributed by atoms with Crippen LogP contribution < -0.4 is 5.84 Å². The molecule has 1 rings (SSSR count). The Morgan fingerprint density at radius 1 is 1.86 bits per heavy atom. The van der Waals surface area contributed by atoms with Crippen LogP contribution in [0.25, 0.3) is 0 Å². The third-order valence-corrected chi connectivity index (χ3v) is 0.777. The molecule has 0 aliphatic carbocycles. The molecule has 1 heterocycles. The van der Waals surface area contributed by atoms with E-state index in [1.54, 1.807) is 12.3 Å². The van der Waals surface area contributed by atoms with E-state index in [1.165, 1.54) is 0 Å². The standard InChI is InChI=1S/C3H4ClN3/c4-3-1-2-7(5)6-3/h1-2H,5H2. The third-order valence-electron chi connectivity index (χ3n) is 0.576. The van der Waals surface area contributed by atoms with Gasteiger partial charge in [-0.3, -0.25) is 0 Å². The van der Waals surface area contributed by atoms with E-state index in [9.17, 15) is 0 Å². The van der Waals surface area contributed by atoms with Crippen LogP contribution in [0.1, 0.15) is 0 Å². The van der Waals surface area contributed by atoms with E-state index in [-0.39, 0.29) is 0 Å². The van der Waals surface area contributed by atoms with E-state index in [4.69, 9.17) is 17.4 Å². The average molecular weight is 118 g/mol. The van der Waals surface area contributed by atoms with Gasteiger partial charge in [-0.05, 0) is 6.07 Å². The molecule has 0 fully saturated rings. The van der Waals surface area contributed by atoms with Crippen molar-refractivity contribution in [1.82, 2.24) is 9.89 Å². The Kier molecular flexibility index (Phi) is 0.906. The van der Waals surface area contributed by atoms with Crippen molar-refractivity contribution in [3.8, 4) is 0 Å². The van der Waals surface area contributed by atoms with Crippen LogP contribution in [0.3, 0.4) is 0 Å². The van der Waals surface area contributed by atoms with Crippen LogP contribution in [-0.4, -0.2) is 9.89 Å². The molecule has 0 aromatic carbocycles. The van der Waals surface area contributed by atoms with Crippen molar-refractivity contribution in [2.24, 2.45) is 0 Å².